The van der Waals surface area contributed by atoms with Crippen LogP contribution in [0.2, 0.25) is 0 Å². The Bertz CT molecular complexity index is 485. The summed E-state index contributed by atoms with van der Waals surface area (Å²) in [4.78, 5) is 0. The normalized spacial score (nSPS) is 10.0. The Kier molecular flexibility index (Phi) is 2.07. The van der Waals surface area contributed by atoms with E-state index in [1.807, 2.05) is 24.3 Å². The lowest BCUT2D eigenvalue weighted by molar-refractivity contribution is 0.454. The van der Waals surface area contributed by atoms with Gasteiger partial charge in [-0.3, -0.25) is 0 Å². The number of ether oxygens (including phenoxy) is 1. The molecule has 2 rings (SSSR count). The van der Waals surface area contributed by atoms with E-state index in [1.165, 1.54) is 6.26 Å². The molecule has 0 aliphatic heterocycles. The summed E-state index contributed by atoms with van der Waals surface area (Å²) in [6.07, 6.45) is 2.97. The van der Waals surface area contributed by atoms with Crippen LogP contribution in [0.25, 0.3) is 17.1 Å². The van der Waals surface area contributed by atoms with Crippen LogP contribution in [0.15, 0.2) is 43.7 Å². The second-order valence-corrected chi connectivity index (χ2v) is 2.73. The molecular formula is C11H10N2O. The molecule has 0 radical (unpaired) electrons. The summed E-state index contributed by atoms with van der Waals surface area (Å²) in [5.74, 6) is 0.644. The molecule has 14 heavy (non-hydrogen) atoms. The van der Waals surface area contributed by atoms with Crippen molar-refractivity contribution in [2.24, 2.45) is 0 Å². The number of benzene rings is 1. The molecule has 0 aliphatic carbocycles. The zero-order chi connectivity index (χ0) is 9.97. The number of rotatable bonds is 3. The smallest absolute Gasteiger partial charge is 0.229 e. The van der Waals surface area contributed by atoms with Crippen molar-refractivity contribution < 1.29 is 4.74 Å². The Balaban J connectivity index is 2.73. The van der Waals surface area contributed by atoms with Gasteiger partial charge in [0.05, 0.1) is 17.2 Å². The Morgan fingerprint density at radius 1 is 1.29 bits per heavy atom. The maximum atomic E-state index is 5.27. The molecule has 3 heteroatoms. The third-order valence-corrected chi connectivity index (χ3v) is 1.93. The van der Waals surface area contributed by atoms with Crippen LogP contribution < -0.4 is 4.74 Å². The van der Waals surface area contributed by atoms with Crippen LogP contribution in [0.3, 0.4) is 0 Å². The molecule has 1 aromatic heterocycles. The minimum atomic E-state index is 0.644. The van der Waals surface area contributed by atoms with Gasteiger partial charge in [-0.1, -0.05) is 25.3 Å². The van der Waals surface area contributed by atoms with Crippen LogP contribution in [0, 0.1) is 0 Å². The van der Waals surface area contributed by atoms with Gasteiger partial charge in [-0.25, -0.2) is 4.68 Å². The highest BCUT2D eigenvalue weighted by molar-refractivity contribution is 5.85. The van der Waals surface area contributed by atoms with E-state index in [0.29, 0.717) is 5.88 Å². The van der Waals surface area contributed by atoms with Crippen LogP contribution in [0.4, 0.5) is 0 Å². The number of hydrogen-bond acceptors (Lipinski definition) is 2. The zero-order valence-electron chi connectivity index (χ0n) is 7.68. The highest BCUT2D eigenvalue weighted by Gasteiger charge is 2.08. The number of fused-ring (bicyclic) bond motifs is 1. The monoisotopic (exact) mass is 186 g/mol. The van der Waals surface area contributed by atoms with Gasteiger partial charge in [-0.05, 0) is 12.1 Å². The summed E-state index contributed by atoms with van der Waals surface area (Å²) < 4.78 is 6.86. The lowest BCUT2D eigenvalue weighted by atomic mass is 10.2. The summed E-state index contributed by atoms with van der Waals surface area (Å²) >= 11 is 0. The van der Waals surface area contributed by atoms with Crippen molar-refractivity contribution in [3.8, 4) is 5.88 Å². The predicted molar refractivity (Wildman–Crippen MR) is 56.9 cm³/mol. The lowest BCUT2D eigenvalue weighted by Gasteiger charge is -1.99. The summed E-state index contributed by atoms with van der Waals surface area (Å²) in [5.41, 5.74) is 0.879. The average molecular weight is 186 g/mol. The second-order valence-electron chi connectivity index (χ2n) is 2.73. The summed E-state index contributed by atoms with van der Waals surface area (Å²) in [6.45, 7) is 7.18. The first kappa shape index (κ1) is 8.56. The minimum Gasteiger partial charge on any atom is -0.447 e. The van der Waals surface area contributed by atoms with Gasteiger partial charge in [-0.2, -0.15) is 5.10 Å². The molecule has 0 fully saturated rings. The molecule has 1 aromatic carbocycles. The van der Waals surface area contributed by atoms with Crippen molar-refractivity contribution in [1.29, 1.82) is 0 Å². The molecule has 0 aliphatic rings. The molecule has 70 valence electrons. The number of hydrogen-bond donors (Lipinski definition) is 0. The summed E-state index contributed by atoms with van der Waals surface area (Å²) in [5, 5.41) is 5.23. The van der Waals surface area contributed by atoms with Crippen LogP contribution in [0.1, 0.15) is 0 Å². The maximum absolute atomic E-state index is 5.27. The van der Waals surface area contributed by atoms with Crippen LogP contribution >= 0.6 is 0 Å². The van der Waals surface area contributed by atoms with Gasteiger partial charge in [0.25, 0.3) is 0 Å². The first-order chi connectivity index (χ1) is 6.86. The third-order valence-electron chi connectivity index (χ3n) is 1.93. The quantitative estimate of drug-likeness (QED) is 0.689. The Hall–Kier alpha value is -2.03. The first-order valence-corrected chi connectivity index (χ1v) is 4.24. The van der Waals surface area contributed by atoms with Gasteiger partial charge in [0.2, 0.25) is 5.88 Å². The molecule has 3 nitrogen and oxygen atoms in total. The van der Waals surface area contributed by atoms with Crippen LogP contribution in [-0.2, 0) is 0 Å². The molecule has 1 heterocycles. The van der Waals surface area contributed by atoms with Crippen molar-refractivity contribution in [2.75, 3.05) is 0 Å². The van der Waals surface area contributed by atoms with Crippen molar-refractivity contribution >= 4 is 17.1 Å². The van der Waals surface area contributed by atoms with E-state index in [9.17, 15) is 0 Å². The molecule has 0 spiro atoms. The van der Waals surface area contributed by atoms with Crippen molar-refractivity contribution in [1.82, 2.24) is 9.78 Å². The van der Waals surface area contributed by atoms with E-state index < -0.39 is 0 Å². The van der Waals surface area contributed by atoms with E-state index in [0.717, 1.165) is 10.9 Å². The maximum Gasteiger partial charge on any atom is 0.229 e. The molecular weight excluding hydrogens is 176 g/mol. The van der Waals surface area contributed by atoms with Crippen LogP contribution in [-0.4, -0.2) is 9.78 Å². The van der Waals surface area contributed by atoms with Gasteiger partial charge in [-0.15, -0.1) is 0 Å². The van der Waals surface area contributed by atoms with Crippen molar-refractivity contribution in [2.45, 2.75) is 0 Å². The molecule has 0 bridgehead atoms. The fourth-order valence-electron chi connectivity index (χ4n) is 1.35. The predicted octanol–water partition coefficient (Wildman–Crippen LogP) is 2.66. The van der Waals surface area contributed by atoms with Crippen molar-refractivity contribution in [3.63, 3.8) is 0 Å². The average Bonchev–Trinajstić information content (AvgIpc) is 2.58. The SMILES string of the molecule is C=COc1c2ccccc2nn1C=C. The Labute approximate surface area is 81.9 Å². The Morgan fingerprint density at radius 3 is 2.79 bits per heavy atom. The molecule has 0 amide bonds. The standard InChI is InChI=1S/C11H10N2O/c1-3-13-11(14-4-2)9-7-5-6-8-10(9)12-13/h3-8H,1-2H2. The largest absolute Gasteiger partial charge is 0.447 e. The fraction of sp³-hybridized carbons (Fsp3) is 0. The molecule has 0 unspecified atom stereocenters. The Morgan fingerprint density at radius 2 is 2.07 bits per heavy atom. The molecule has 0 saturated heterocycles. The fourth-order valence-corrected chi connectivity index (χ4v) is 1.35. The van der Waals surface area contributed by atoms with E-state index in [4.69, 9.17) is 4.74 Å². The highest BCUT2D eigenvalue weighted by Crippen LogP contribution is 2.25. The molecule has 0 atom stereocenters. The lowest BCUT2D eigenvalue weighted by Crippen LogP contribution is -1.91. The van der Waals surface area contributed by atoms with Gasteiger partial charge >= 0.3 is 0 Å². The third kappa shape index (κ3) is 1.19. The molecule has 0 saturated carbocycles. The minimum absolute atomic E-state index is 0.644. The molecule has 0 N–H and O–H groups in total. The van der Waals surface area contributed by atoms with Gasteiger partial charge in [0.1, 0.15) is 0 Å². The van der Waals surface area contributed by atoms with E-state index >= 15 is 0 Å². The van der Waals surface area contributed by atoms with E-state index in [-0.39, 0.29) is 0 Å². The van der Waals surface area contributed by atoms with Gasteiger partial charge in [0, 0.05) is 6.20 Å². The van der Waals surface area contributed by atoms with E-state index in [2.05, 4.69) is 18.3 Å². The molecule has 2 aromatic rings. The topological polar surface area (TPSA) is 27.1 Å². The number of nitrogens with zero attached hydrogens (tertiary/aromatic N) is 2. The van der Waals surface area contributed by atoms with Gasteiger partial charge < -0.3 is 4.74 Å². The highest BCUT2D eigenvalue weighted by atomic mass is 16.5. The van der Waals surface area contributed by atoms with Crippen LogP contribution in [0.5, 0.6) is 5.88 Å². The van der Waals surface area contributed by atoms with E-state index in [1.54, 1.807) is 10.9 Å². The summed E-state index contributed by atoms with van der Waals surface area (Å²) in [6, 6.07) is 7.74. The second kappa shape index (κ2) is 3.38. The number of aromatic nitrogens is 2. The first-order valence-electron chi connectivity index (χ1n) is 4.24. The van der Waals surface area contributed by atoms with Gasteiger partial charge in [0.15, 0.2) is 0 Å². The van der Waals surface area contributed by atoms with Crippen molar-refractivity contribution in [3.05, 3.63) is 43.7 Å². The summed E-state index contributed by atoms with van der Waals surface area (Å²) in [7, 11) is 0. The zero-order valence-corrected chi connectivity index (χ0v) is 7.68.